The second-order valence-corrected chi connectivity index (χ2v) is 5.66. The molecule has 1 saturated carbocycles. The van der Waals surface area contributed by atoms with Gasteiger partial charge in [-0.25, -0.2) is 0 Å². The highest BCUT2D eigenvalue weighted by molar-refractivity contribution is 5.46. The van der Waals surface area contributed by atoms with Crippen LogP contribution in [0.1, 0.15) is 64.9 Å². The lowest BCUT2D eigenvalue weighted by Crippen LogP contribution is -2.17. The van der Waals surface area contributed by atoms with Crippen LogP contribution < -0.4 is 5.32 Å². The highest BCUT2D eigenvalue weighted by Gasteiger charge is 2.13. The minimum Gasteiger partial charge on any atom is -0.388 e. The van der Waals surface area contributed by atoms with Gasteiger partial charge in [0.2, 0.25) is 0 Å². The third kappa shape index (κ3) is 4.54. The van der Waals surface area contributed by atoms with E-state index in [1.165, 1.54) is 32.1 Å². The van der Waals surface area contributed by atoms with Crippen LogP contribution in [-0.4, -0.2) is 11.7 Å². The summed E-state index contributed by atoms with van der Waals surface area (Å²) in [7, 11) is 0. The molecule has 1 atom stereocenters. The third-order valence-corrected chi connectivity index (χ3v) is 4.00. The monoisotopic (exact) mass is 262 g/mol. The van der Waals surface area contributed by atoms with Gasteiger partial charge in [-0.05, 0) is 42.9 Å². The quantitative estimate of drug-likeness (QED) is 0.790. The summed E-state index contributed by atoms with van der Waals surface area (Å²) in [5, 5.41) is 13.6. The lowest BCUT2D eigenvalue weighted by Gasteiger charge is -2.22. The van der Waals surface area contributed by atoms with E-state index in [9.17, 15) is 5.11 Å². The molecule has 0 aliphatic heterocycles. The molecule has 19 heavy (non-hydrogen) atoms. The Morgan fingerprint density at radius 2 is 2.16 bits per heavy atom. The fourth-order valence-electron chi connectivity index (χ4n) is 2.84. The fraction of sp³-hybridized carbons (Fsp3) is 0.647. The molecule has 1 aliphatic rings. The zero-order chi connectivity index (χ0) is 14.4. The van der Waals surface area contributed by atoms with Crippen LogP contribution >= 0.6 is 0 Å². The molecule has 0 aromatic heterocycles. The number of rotatable bonds is 6. The van der Waals surface area contributed by atoms with Crippen LogP contribution in [-0.2, 0) is 0 Å². The molecule has 2 nitrogen and oxygen atoms in total. The number of aliphatic hydroxyl groups is 1. The molecule has 1 aromatic carbocycles. The Bertz CT molecular complexity index is 413. The minimum atomic E-state index is -1.46. The molecule has 0 spiro atoms. The second-order valence-electron chi connectivity index (χ2n) is 5.66. The predicted molar refractivity (Wildman–Crippen MR) is 81.4 cm³/mol. The van der Waals surface area contributed by atoms with Crippen molar-refractivity contribution in [3.05, 3.63) is 29.8 Å². The lowest BCUT2D eigenvalue weighted by atomic mass is 9.89. The van der Waals surface area contributed by atoms with Crippen molar-refractivity contribution >= 4 is 5.69 Å². The summed E-state index contributed by atoms with van der Waals surface area (Å²) < 4.78 is 8.02. The number of nitrogens with one attached hydrogen (secondary N) is 1. The van der Waals surface area contributed by atoms with Crippen LogP contribution in [0.4, 0.5) is 5.69 Å². The summed E-state index contributed by atoms with van der Waals surface area (Å²) in [5.41, 5.74) is 1.71. The van der Waals surface area contributed by atoms with Crippen LogP contribution in [0.25, 0.3) is 0 Å². The van der Waals surface area contributed by atoms with Gasteiger partial charge in [-0.15, -0.1) is 0 Å². The first-order chi connectivity index (χ1) is 9.62. The largest absolute Gasteiger partial charge is 0.388 e. The summed E-state index contributed by atoms with van der Waals surface area (Å²) >= 11 is 0. The summed E-state index contributed by atoms with van der Waals surface area (Å²) in [6.45, 7) is 3.00. The van der Waals surface area contributed by atoms with Gasteiger partial charge in [0.05, 0.1) is 7.45 Å². The van der Waals surface area contributed by atoms with E-state index < -0.39 is 6.08 Å². The maximum Gasteiger partial charge on any atom is 0.0790 e. The Balaban J connectivity index is 1.95. The van der Waals surface area contributed by atoms with Gasteiger partial charge < -0.3 is 10.4 Å². The Hall–Kier alpha value is -1.02. The first-order valence-corrected chi connectivity index (χ1v) is 7.68. The van der Waals surface area contributed by atoms with Crippen molar-refractivity contribution in [2.45, 2.75) is 57.9 Å². The van der Waals surface area contributed by atoms with E-state index in [1.807, 2.05) is 31.2 Å². The van der Waals surface area contributed by atoms with E-state index in [1.54, 1.807) is 0 Å². The first-order valence-electron chi connectivity index (χ1n) is 8.18. The summed E-state index contributed by atoms with van der Waals surface area (Å²) in [5.74, 6) is 0.776. The van der Waals surface area contributed by atoms with Gasteiger partial charge in [0.1, 0.15) is 0 Å². The highest BCUT2D eigenvalue weighted by Crippen LogP contribution is 2.25. The van der Waals surface area contributed by atoms with Gasteiger partial charge in [0.25, 0.3) is 0 Å². The molecule has 106 valence electrons. The Kier molecular flexibility index (Phi) is 5.15. The molecule has 1 aromatic rings. The van der Waals surface area contributed by atoms with Crippen molar-refractivity contribution in [1.29, 1.82) is 0 Å². The van der Waals surface area contributed by atoms with Gasteiger partial charge in [-0.2, -0.15) is 0 Å². The van der Waals surface area contributed by atoms with E-state index in [4.69, 9.17) is 1.37 Å². The number of hydrogen-bond donors (Lipinski definition) is 2. The molecule has 2 heteroatoms. The molecular weight excluding hydrogens is 234 g/mol. The Morgan fingerprint density at radius 3 is 2.89 bits per heavy atom. The van der Waals surface area contributed by atoms with Gasteiger partial charge in [-0.1, -0.05) is 44.7 Å². The minimum absolute atomic E-state index is 0.471. The molecule has 2 N–H and O–H groups in total. The molecule has 2 rings (SSSR count). The molecule has 1 fully saturated rings. The second kappa shape index (κ2) is 7.54. The van der Waals surface area contributed by atoms with E-state index in [2.05, 4.69) is 5.32 Å². The van der Waals surface area contributed by atoms with Crippen molar-refractivity contribution in [2.24, 2.45) is 5.92 Å². The molecule has 0 heterocycles. The predicted octanol–water partition coefficient (Wildman–Crippen LogP) is 4.51. The maximum absolute atomic E-state index is 10.2. The first kappa shape index (κ1) is 13.0. The van der Waals surface area contributed by atoms with Crippen molar-refractivity contribution in [1.82, 2.24) is 0 Å². The maximum atomic E-state index is 10.2. The normalized spacial score (nSPS) is 20.6. The number of anilines is 1. The van der Waals surface area contributed by atoms with E-state index >= 15 is 0 Å². The van der Waals surface area contributed by atoms with Gasteiger partial charge in [0, 0.05) is 12.2 Å². The SMILES string of the molecule is [2H]C(O)(CCC)c1cccc(NCC2CCCCC2)c1. The van der Waals surface area contributed by atoms with E-state index in [-0.39, 0.29) is 0 Å². The topological polar surface area (TPSA) is 32.3 Å². The van der Waals surface area contributed by atoms with Crippen LogP contribution in [0.15, 0.2) is 24.3 Å². The fourth-order valence-corrected chi connectivity index (χ4v) is 2.84. The third-order valence-electron chi connectivity index (χ3n) is 4.00. The van der Waals surface area contributed by atoms with Gasteiger partial charge >= 0.3 is 0 Å². The molecular formula is C17H27NO. The number of benzene rings is 1. The van der Waals surface area contributed by atoms with Gasteiger partial charge in [0.15, 0.2) is 0 Å². The summed E-state index contributed by atoms with van der Waals surface area (Å²) in [4.78, 5) is 0. The van der Waals surface area contributed by atoms with Crippen molar-refractivity contribution in [3.8, 4) is 0 Å². The van der Waals surface area contributed by atoms with Crippen LogP contribution in [0, 0.1) is 5.92 Å². The van der Waals surface area contributed by atoms with E-state index in [0.29, 0.717) is 12.0 Å². The average Bonchev–Trinajstić information content (AvgIpc) is 2.46. The number of hydrogen-bond acceptors (Lipinski definition) is 2. The lowest BCUT2D eigenvalue weighted by molar-refractivity contribution is 0.166. The van der Waals surface area contributed by atoms with Crippen LogP contribution in [0.2, 0.25) is 0 Å². The van der Waals surface area contributed by atoms with Crippen molar-refractivity contribution < 1.29 is 6.48 Å². The highest BCUT2D eigenvalue weighted by atomic mass is 16.3. The molecule has 1 aliphatic carbocycles. The summed E-state index contributed by atoms with van der Waals surface area (Å²) in [6, 6.07) is 7.71. The molecule has 0 radical (unpaired) electrons. The Morgan fingerprint density at radius 1 is 1.37 bits per heavy atom. The molecule has 0 amide bonds. The Labute approximate surface area is 118 Å². The molecule has 0 bridgehead atoms. The zero-order valence-corrected chi connectivity index (χ0v) is 12.0. The standard InChI is InChI=1S/C17H27NO/c1-2-7-17(19)15-10-6-11-16(12-15)18-13-14-8-4-3-5-9-14/h6,10-12,14,17-19H,2-5,7-9,13H2,1H3/i17D. The van der Waals surface area contributed by atoms with Crippen molar-refractivity contribution in [3.63, 3.8) is 0 Å². The van der Waals surface area contributed by atoms with Crippen LogP contribution in [0.5, 0.6) is 0 Å². The molecule has 0 saturated heterocycles. The van der Waals surface area contributed by atoms with Gasteiger partial charge in [-0.3, -0.25) is 0 Å². The van der Waals surface area contributed by atoms with Crippen LogP contribution in [0.3, 0.4) is 0 Å². The van der Waals surface area contributed by atoms with E-state index in [0.717, 1.165) is 24.6 Å². The average molecular weight is 262 g/mol. The van der Waals surface area contributed by atoms with Crippen molar-refractivity contribution in [2.75, 3.05) is 11.9 Å². The zero-order valence-electron chi connectivity index (χ0n) is 13.0. The smallest absolute Gasteiger partial charge is 0.0790 e. The summed E-state index contributed by atoms with van der Waals surface area (Å²) in [6.07, 6.45) is 6.56. The molecule has 1 unspecified atom stereocenters.